The first kappa shape index (κ1) is 20.0. The van der Waals surface area contributed by atoms with E-state index in [1.165, 1.54) is 6.07 Å². The number of carbonyl (C=O) groups is 1. The molecule has 1 amide bonds. The van der Waals surface area contributed by atoms with Crippen LogP contribution in [-0.4, -0.2) is 31.6 Å². The van der Waals surface area contributed by atoms with Gasteiger partial charge in [-0.05, 0) is 36.8 Å². The van der Waals surface area contributed by atoms with Gasteiger partial charge in [-0.2, -0.15) is 0 Å². The lowest BCUT2D eigenvalue weighted by Crippen LogP contribution is -2.26. The summed E-state index contributed by atoms with van der Waals surface area (Å²) < 4.78 is 36.8. The highest BCUT2D eigenvalue weighted by Gasteiger charge is 2.13. The van der Waals surface area contributed by atoms with E-state index in [1.54, 1.807) is 37.3 Å². The largest absolute Gasteiger partial charge is 0.496 e. The quantitative estimate of drug-likeness (QED) is 0.632. The molecule has 0 atom stereocenters. The number of benzene rings is 2. The molecule has 0 saturated heterocycles. The molecule has 0 heterocycles. The Bertz CT molecular complexity index is 770. The third-order valence-corrected chi connectivity index (χ3v) is 4.00. The van der Waals surface area contributed by atoms with Crippen LogP contribution in [-0.2, 0) is 11.3 Å². The zero-order valence-electron chi connectivity index (χ0n) is 14.6. The predicted octanol–water partition coefficient (Wildman–Crippen LogP) is 4.44. The number of halogens is 3. The molecule has 26 heavy (non-hydrogen) atoms. The van der Waals surface area contributed by atoms with Gasteiger partial charge in [0.15, 0.2) is 11.6 Å². The first-order chi connectivity index (χ1) is 12.4. The number of ether oxygens (including phenoxy) is 2. The maximum absolute atomic E-state index is 13.4. The Kier molecular flexibility index (Phi) is 7.21. The summed E-state index contributed by atoms with van der Waals surface area (Å²) in [5.41, 5.74) is 0.806. The van der Waals surface area contributed by atoms with Crippen molar-refractivity contribution in [3.05, 3.63) is 58.6 Å². The Morgan fingerprint density at radius 2 is 1.88 bits per heavy atom. The third kappa shape index (κ3) is 5.59. The fraction of sp³-hybridized carbons (Fsp3) is 0.316. The molecule has 0 aliphatic rings. The molecular weight excluding hydrogens is 364 g/mol. The van der Waals surface area contributed by atoms with Crippen LogP contribution in [0.5, 0.6) is 11.5 Å². The molecule has 4 nitrogen and oxygen atoms in total. The Labute approximate surface area is 156 Å². The number of methoxy groups -OCH3 is 1. The highest BCUT2D eigenvalue weighted by atomic mass is 35.5. The number of hydrogen-bond donors (Lipinski definition) is 0. The molecule has 0 aliphatic heterocycles. The average Bonchev–Trinajstić information content (AvgIpc) is 2.60. The normalized spacial score (nSPS) is 10.5. The van der Waals surface area contributed by atoms with Gasteiger partial charge in [0.1, 0.15) is 11.6 Å². The molecule has 0 aromatic heterocycles. The standard InChI is InChI=1S/C19H20ClF2NO3/c1-23(12-13-10-14(20)5-7-17(13)25-2)19(24)4-3-9-26-18-8-6-15(21)11-16(18)22/h5-8,10-11H,3-4,9,12H2,1-2H3. The van der Waals surface area contributed by atoms with Crippen LogP contribution in [0.15, 0.2) is 36.4 Å². The second-order valence-corrected chi connectivity index (χ2v) is 6.17. The summed E-state index contributed by atoms with van der Waals surface area (Å²) in [7, 11) is 3.24. The SMILES string of the molecule is COc1ccc(Cl)cc1CN(C)C(=O)CCCOc1ccc(F)cc1F. The molecule has 0 spiro atoms. The van der Waals surface area contributed by atoms with Crippen molar-refractivity contribution >= 4 is 17.5 Å². The van der Waals surface area contributed by atoms with E-state index in [2.05, 4.69) is 0 Å². The first-order valence-electron chi connectivity index (χ1n) is 8.05. The second-order valence-electron chi connectivity index (χ2n) is 5.73. The molecule has 0 fully saturated rings. The average molecular weight is 384 g/mol. The molecule has 2 rings (SSSR count). The van der Waals surface area contributed by atoms with E-state index in [9.17, 15) is 13.6 Å². The van der Waals surface area contributed by atoms with E-state index < -0.39 is 11.6 Å². The van der Waals surface area contributed by atoms with Crippen LogP contribution in [0, 0.1) is 11.6 Å². The third-order valence-electron chi connectivity index (χ3n) is 3.76. The predicted molar refractivity (Wildman–Crippen MR) is 95.6 cm³/mol. The molecule has 2 aromatic rings. The molecule has 140 valence electrons. The van der Waals surface area contributed by atoms with E-state index in [0.717, 1.165) is 17.7 Å². The van der Waals surface area contributed by atoms with Crippen molar-refractivity contribution in [2.45, 2.75) is 19.4 Å². The van der Waals surface area contributed by atoms with E-state index in [4.69, 9.17) is 21.1 Å². The van der Waals surface area contributed by atoms with Crippen LogP contribution < -0.4 is 9.47 Å². The van der Waals surface area contributed by atoms with Crippen molar-refractivity contribution in [2.24, 2.45) is 0 Å². The fourth-order valence-electron chi connectivity index (χ4n) is 2.40. The molecule has 0 bridgehead atoms. The topological polar surface area (TPSA) is 38.8 Å². The summed E-state index contributed by atoms with van der Waals surface area (Å²) in [5.74, 6) is -0.889. The van der Waals surface area contributed by atoms with Gasteiger partial charge in [-0.3, -0.25) is 4.79 Å². The number of rotatable bonds is 8. The maximum Gasteiger partial charge on any atom is 0.222 e. The number of hydrogen-bond acceptors (Lipinski definition) is 3. The van der Waals surface area contributed by atoms with Gasteiger partial charge in [0.2, 0.25) is 5.91 Å². The zero-order valence-corrected chi connectivity index (χ0v) is 15.4. The van der Waals surface area contributed by atoms with Crippen molar-refractivity contribution in [3.8, 4) is 11.5 Å². The maximum atomic E-state index is 13.4. The van der Waals surface area contributed by atoms with Gasteiger partial charge in [-0.25, -0.2) is 8.78 Å². The minimum absolute atomic E-state index is 0.0316. The van der Waals surface area contributed by atoms with Crippen molar-refractivity contribution < 1.29 is 23.0 Å². The molecule has 0 N–H and O–H groups in total. The molecule has 0 saturated carbocycles. The molecule has 0 aliphatic carbocycles. The number of amides is 1. The molecule has 0 radical (unpaired) electrons. The Balaban J connectivity index is 1.81. The van der Waals surface area contributed by atoms with Crippen LogP contribution in [0.4, 0.5) is 8.78 Å². The first-order valence-corrected chi connectivity index (χ1v) is 8.42. The van der Waals surface area contributed by atoms with Crippen molar-refractivity contribution in [1.29, 1.82) is 0 Å². The Hall–Kier alpha value is -2.34. The number of nitrogens with zero attached hydrogens (tertiary/aromatic N) is 1. The Morgan fingerprint density at radius 3 is 2.58 bits per heavy atom. The van der Waals surface area contributed by atoms with Crippen molar-refractivity contribution in [1.82, 2.24) is 4.90 Å². The Morgan fingerprint density at radius 1 is 1.15 bits per heavy atom. The summed E-state index contributed by atoms with van der Waals surface area (Å²) in [5, 5.41) is 0.566. The van der Waals surface area contributed by atoms with Gasteiger partial charge in [0, 0.05) is 36.7 Å². The van der Waals surface area contributed by atoms with Gasteiger partial charge >= 0.3 is 0 Å². The molecule has 0 unspecified atom stereocenters. The second kappa shape index (κ2) is 9.38. The summed E-state index contributed by atoms with van der Waals surface area (Å²) in [6.45, 7) is 0.513. The lowest BCUT2D eigenvalue weighted by molar-refractivity contribution is -0.130. The fourth-order valence-corrected chi connectivity index (χ4v) is 2.60. The van der Waals surface area contributed by atoms with Crippen LogP contribution in [0.1, 0.15) is 18.4 Å². The lowest BCUT2D eigenvalue weighted by Gasteiger charge is -2.19. The van der Waals surface area contributed by atoms with Gasteiger partial charge in [0.25, 0.3) is 0 Å². The monoisotopic (exact) mass is 383 g/mol. The van der Waals surface area contributed by atoms with Gasteiger partial charge < -0.3 is 14.4 Å². The highest BCUT2D eigenvalue weighted by molar-refractivity contribution is 6.30. The van der Waals surface area contributed by atoms with Gasteiger partial charge in [-0.1, -0.05) is 11.6 Å². The summed E-state index contributed by atoms with van der Waals surface area (Å²) in [6, 6.07) is 8.33. The zero-order chi connectivity index (χ0) is 19.1. The molecule has 7 heteroatoms. The van der Waals surface area contributed by atoms with E-state index in [0.29, 0.717) is 23.7 Å². The minimum Gasteiger partial charge on any atom is -0.496 e. The van der Waals surface area contributed by atoms with Crippen LogP contribution in [0.2, 0.25) is 5.02 Å². The van der Waals surface area contributed by atoms with E-state index in [1.807, 2.05) is 0 Å². The van der Waals surface area contributed by atoms with Crippen LogP contribution in [0.25, 0.3) is 0 Å². The van der Waals surface area contributed by atoms with Crippen LogP contribution in [0.3, 0.4) is 0 Å². The summed E-state index contributed by atoms with van der Waals surface area (Å²) in [4.78, 5) is 13.8. The summed E-state index contributed by atoms with van der Waals surface area (Å²) in [6.07, 6.45) is 0.648. The highest BCUT2D eigenvalue weighted by Crippen LogP contribution is 2.24. The van der Waals surface area contributed by atoms with E-state index >= 15 is 0 Å². The summed E-state index contributed by atoms with van der Waals surface area (Å²) >= 11 is 5.99. The smallest absolute Gasteiger partial charge is 0.222 e. The van der Waals surface area contributed by atoms with Gasteiger partial charge in [0.05, 0.1) is 13.7 Å². The van der Waals surface area contributed by atoms with Crippen molar-refractivity contribution in [2.75, 3.05) is 20.8 Å². The van der Waals surface area contributed by atoms with Crippen LogP contribution >= 0.6 is 11.6 Å². The van der Waals surface area contributed by atoms with Crippen molar-refractivity contribution in [3.63, 3.8) is 0 Å². The minimum atomic E-state index is -0.763. The number of carbonyl (C=O) groups excluding carboxylic acids is 1. The lowest BCUT2D eigenvalue weighted by atomic mass is 10.2. The van der Waals surface area contributed by atoms with Gasteiger partial charge in [-0.15, -0.1) is 0 Å². The van der Waals surface area contributed by atoms with E-state index in [-0.39, 0.29) is 24.7 Å². The molecular formula is C19H20ClF2NO3. The molecule has 2 aromatic carbocycles.